The van der Waals surface area contributed by atoms with Crippen molar-refractivity contribution in [3.8, 4) is 5.75 Å². The number of rotatable bonds is 6. The molecule has 2 aliphatic rings. The molecule has 0 saturated carbocycles. The Morgan fingerprint density at radius 3 is 2.59 bits per heavy atom. The van der Waals surface area contributed by atoms with Gasteiger partial charge >= 0.3 is 0 Å². The van der Waals surface area contributed by atoms with Gasteiger partial charge in [0.15, 0.2) is 0 Å². The molecular formula is C18H26N2O6PS2-. The summed E-state index contributed by atoms with van der Waals surface area (Å²) >= 11 is 5.47. The molecule has 162 valence electrons. The van der Waals surface area contributed by atoms with Crippen molar-refractivity contribution in [2.75, 3.05) is 19.5 Å². The second kappa shape index (κ2) is 8.24. The Kier molecular flexibility index (Phi) is 6.44. The number of carbonyl (C=O) groups is 1. The molecule has 1 aromatic rings. The molecule has 2 N–H and O–H groups in total. The van der Waals surface area contributed by atoms with Crippen LogP contribution in [0.5, 0.6) is 5.75 Å². The van der Waals surface area contributed by atoms with Crippen molar-refractivity contribution in [1.29, 1.82) is 0 Å². The van der Waals surface area contributed by atoms with Gasteiger partial charge in [0.05, 0.1) is 19.5 Å². The molecule has 0 aliphatic carbocycles. The highest BCUT2D eigenvalue weighted by Gasteiger charge is 2.36. The van der Waals surface area contributed by atoms with Gasteiger partial charge in [0.1, 0.15) is 33.8 Å². The van der Waals surface area contributed by atoms with Crippen molar-refractivity contribution < 1.29 is 27.9 Å². The monoisotopic (exact) mass is 461 g/mol. The quantitative estimate of drug-likeness (QED) is 0.623. The number of ether oxygens (including phenoxy) is 1. The molecule has 29 heavy (non-hydrogen) atoms. The fourth-order valence-corrected chi connectivity index (χ4v) is 7.21. The van der Waals surface area contributed by atoms with Gasteiger partial charge in [0, 0.05) is 17.4 Å². The zero-order valence-electron chi connectivity index (χ0n) is 16.9. The van der Waals surface area contributed by atoms with Crippen LogP contribution in [0.2, 0.25) is 0 Å². The van der Waals surface area contributed by atoms with E-state index in [0.717, 1.165) is 5.56 Å². The van der Waals surface area contributed by atoms with E-state index in [0.29, 0.717) is 30.9 Å². The molecule has 8 nitrogen and oxygen atoms in total. The molecule has 0 bridgehead atoms. The summed E-state index contributed by atoms with van der Waals surface area (Å²) in [6.45, 7) is 6.17. The van der Waals surface area contributed by atoms with Crippen LogP contribution < -0.4 is 19.9 Å². The highest BCUT2D eigenvalue weighted by atomic mass is 32.5. The molecule has 11 heteroatoms. The standard InChI is InChI=1S/C18H27N2O6PS2/c1-17(2)9-24-27(28,25-10-17)11-19-29(23)15(20-16(21)22)13-7-5-6-12-8-18(3,4)26-14(12)13/h5-7,15,19-20H,8-11H2,1-4H3,(H,21,22)/p-1. The van der Waals surface area contributed by atoms with Gasteiger partial charge in [-0.05, 0) is 31.2 Å². The molecule has 0 aromatic heterocycles. The zero-order valence-corrected chi connectivity index (χ0v) is 19.4. The summed E-state index contributed by atoms with van der Waals surface area (Å²) in [5.74, 6) is 0.543. The molecule has 2 atom stereocenters. The van der Waals surface area contributed by atoms with Gasteiger partial charge in [-0.25, -0.2) is 8.93 Å². The summed E-state index contributed by atoms with van der Waals surface area (Å²) in [5, 5.41) is 12.4. The van der Waals surface area contributed by atoms with E-state index < -0.39 is 34.5 Å². The Morgan fingerprint density at radius 2 is 1.97 bits per heavy atom. The van der Waals surface area contributed by atoms with Crippen molar-refractivity contribution in [2.45, 2.75) is 45.1 Å². The maximum absolute atomic E-state index is 13.0. The van der Waals surface area contributed by atoms with Crippen LogP contribution in [0.3, 0.4) is 0 Å². The van der Waals surface area contributed by atoms with Crippen molar-refractivity contribution >= 4 is 35.4 Å². The summed E-state index contributed by atoms with van der Waals surface area (Å²) < 4.78 is 33.3. The number of nitrogens with one attached hydrogen (secondary N) is 2. The lowest BCUT2D eigenvalue weighted by Crippen LogP contribution is -2.43. The van der Waals surface area contributed by atoms with Gasteiger partial charge in [0.2, 0.25) is 6.49 Å². The second-order valence-electron chi connectivity index (χ2n) is 8.61. The molecule has 1 fully saturated rings. The van der Waals surface area contributed by atoms with E-state index in [1.54, 1.807) is 12.1 Å². The first-order valence-corrected chi connectivity index (χ1v) is 13.2. The van der Waals surface area contributed by atoms with Crippen LogP contribution in [-0.4, -0.2) is 35.4 Å². The van der Waals surface area contributed by atoms with E-state index in [1.165, 1.54) is 0 Å². The number of para-hydroxylation sites is 1. The van der Waals surface area contributed by atoms with E-state index in [-0.39, 0.29) is 11.7 Å². The molecule has 1 aromatic carbocycles. The van der Waals surface area contributed by atoms with E-state index in [2.05, 4.69) is 10.0 Å². The first kappa shape index (κ1) is 22.7. The minimum Gasteiger partial charge on any atom is -0.530 e. The summed E-state index contributed by atoms with van der Waals surface area (Å²) in [5.41, 5.74) is 0.857. The second-order valence-corrected chi connectivity index (χ2v) is 13.7. The molecular weight excluding hydrogens is 435 g/mol. The van der Waals surface area contributed by atoms with Gasteiger partial charge in [-0.15, -0.1) is 0 Å². The van der Waals surface area contributed by atoms with Crippen molar-refractivity contribution in [3.63, 3.8) is 0 Å². The molecule has 1 amide bonds. The molecule has 0 spiro atoms. The first-order valence-electron chi connectivity index (χ1n) is 9.20. The molecule has 0 radical (unpaired) electrons. The average Bonchev–Trinajstić information content (AvgIpc) is 2.94. The lowest BCUT2D eigenvalue weighted by molar-refractivity contribution is -0.251. The number of hydrogen-bond donors (Lipinski definition) is 2. The van der Waals surface area contributed by atoms with Gasteiger partial charge in [-0.3, -0.25) is 0 Å². The number of carboxylic acid groups (broad SMARTS) is 1. The largest absolute Gasteiger partial charge is 0.530 e. The number of hydrogen-bond acceptors (Lipinski definition) is 7. The summed E-state index contributed by atoms with van der Waals surface area (Å²) in [6.07, 6.45) is -0.806. The lowest BCUT2D eigenvalue weighted by atomic mass is 9.97. The smallest absolute Gasteiger partial charge is 0.203 e. The van der Waals surface area contributed by atoms with Crippen LogP contribution in [0.15, 0.2) is 18.2 Å². The minimum absolute atomic E-state index is 0.0532. The molecule has 2 heterocycles. The SMILES string of the molecule is CC1(C)COP(=S)(CNS(=O)C(NC(=O)[O-])c2cccc3c2OC(C)(C)C3)OC1. The van der Waals surface area contributed by atoms with Crippen molar-refractivity contribution in [1.82, 2.24) is 10.0 Å². The zero-order chi connectivity index (χ0) is 21.4. The van der Waals surface area contributed by atoms with Gasteiger partial charge in [-0.2, -0.15) is 0 Å². The van der Waals surface area contributed by atoms with Gasteiger partial charge in [0.25, 0.3) is 0 Å². The van der Waals surface area contributed by atoms with Crippen LogP contribution in [0, 0.1) is 5.41 Å². The van der Waals surface area contributed by atoms with E-state index >= 15 is 0 Å². The normalized spacial score (nSPS) is 23.4. The third-order valence-corrected chi connectivity index (χ3v) is 8.62. The Labute approximate surface area is 178 Å². The summed E-state index contributed by atoms with van der Waals surface area (Å²) in [4.78, 5) is 11.3. The Balaban J connectivity index is 1.77. The Bertz CT molecular complexity index is 862. The van der Waals surface area contributed by atoms with Crippen LogP contribution in [0.4, 0.5) is 4.79 Å². The summed E-state index contributed by atoms with van der Waals surface area (Å²) in [7, 11) is -1.85. The minimum atomic E-state index is -2.64. The van der Waals surface area contributed by atoms with Crippen LogP contribution in [0.25, 0.3) is 0 Å². The van der Waals surface area contributed by atoms with Crippen LogP contribution in [-0.2, 0) is 38.3 Å². The predicted octanol–water partition coefficient (Wildman–Crippen LogP) is 1.92. The number of fused-ring (bicyclic) bond motifs is 1. The molecule has 2 unspecified atom stereocenters. The topological polar surface area (TPSA) is 109 Å². The van der Waals surface area contributed by atoms with E-state index in [1.807, 2.05) is 33.8 Å². The Hall–Kier alpha value is -1.03. The maximum Gasteiger partial charge on any atom is 0.203 e. The van der Waals surface area contributed by atoms with Gasteiger partial charge < -0.3 is 29.0 Å². The number of amides is 1. The van der Waals surface area contributed by atoms with Crippen LogP contribution in [0.1, 0.15) is 44.2 Å². The van der Waals surface area contributed by atoms with Crippen molar-refractivity contribution in [2.24, 2.45) is 5.41 Å². The first-order chi connectivity index (χ1) is 13.4. The third-order valence-electron chi connectivity index (χ3n) is 4.57. The maximum atomic E-state index is 13.0. The highest BCUT2D eigenvalue weighted by molar-refractivity contribution is 8.10. The Morgan fingerprint density at radius 1 is 1.31 bits per heavy atom. The molecule has 1 saturated heterocycles. The van der Waals surface area contributed by atoms with E-state index in [4.69, 9.17) is 25.6 Å². The molecule has 2 aliphatic heterocycles. The highest BCUT2D eigenvalue weighted by Crippen LogP contribution is 2.53. The predicted molar refractivity (Wildman–Crippen MR) is 112 cm³/mol. The van der Waals surface area contributed by atoms with E-state index in [9.17, 15) is 14.1 Å². The third kappa shape index (κ3) is 5.57. The average molecular weight is 462 g/mol. The fourth-order valence-electron chi connectivity index (χ4n) is 3.14. The fraction of sp³-hybridized carbons (Fsp3) is 0.611. The number of carbonyl (C=O) groups excluding carboxylic acids is 1. The van der Waals surface area contributed by atoms with Crippen LogP contribution >= 0.6 is 6.49 Å². The molecule has 3 rings (SSSR count). The lowest BCUT2D eigenvalue weighted by Gasteiger charge is -2.36. The summed E-state index contributed by atoms with van der Waals surface area (Å²) in [6, 6.07) is 5.39. The van der Waals surface area contributed by atoms with Gasteiger partial charge in [-0.1, -0.05) is 32.0 Å². The van der Waals surface area contributed by atoms with Crippen molar-refractivity contribution in [3.05, 3.63) is 29.3 Å². The number of benzene rings is 1.